The fraction of sp³-hybridized carbons (Fsp3) is 0.256. The molecule has 11 aromatic rings. The number of rotatable bonds is 17. The number of anilines is 2. The minimum atomic E-state index is -0.963. The van der Waals surface area contributed by atoms with Crippen molar-refractivity contribution in [3.8, 4) is 22.3 Å². The monoisotopic (exact) mass is 1650 g/mol. The van der Waals surface area contributed by atoms with E-state index < -0.39 is 11.9 Å². The molecule has 2 amide bonds. The number of carboxylic acids is 2. The van der Waals surface area contributed by atoms with Crippen molar-refractivity contribution in [3.05, 3.63) is 301 Å². The largest absolute Gasteiger partial charge is 1.00 e. The maximum absolute atomic E-state index is 12.8. The number of carbonyl (C=O) groups excluding carboxylic acids is 3. The average molecular weight is 1660 g/mol. The van der Waals surface area contributed by atoms with Crippen molar-refractivity contribution in [1.29, 1.82) is 0 Å². The Morgan fingerprint density at radius 2 is 0.991 bits per heavy atom. The van der Waals surface area contributed by atoms with Crippen LogP contribution in [0.4, 0.5) is 16.2 Å². The smallest absolute Gasteiger partial charge is 0.870 e. The second-order valence-electron chi connectivity index (χ2n) is 28.2. The zero-order valence-corrected chi connectivity index (χ0v) is 69.2. The van der Waals surface area contributed by atoms with E-state index in [2.05, 4.69) is 95.8 Å². The van der Waals surface area contributed by atoms with Crippen LogP contribution >= 0.6 is 58.0 Å². The SMILES string of the molecule is COC(=O)[C@H]1C[C@@H]1c1cccc(Cl)c1.Nc1ccc(-c2ccc(CN3CCOCC3)nc2)c2ccccc12.O=C(Nc1ccc(-c2ccc(CN3CCOCC3)nc2)c2ccccc12)N[C@@H]1C[C@H]1c1cccc(Cl)c1.O=C(O)/C=C/c1cccc(Cl)c1.O=C(O)[C@H]1C[C@@H]1c1cccc(Cl)c1.O=C=N[C@H]1C[C@@H]1c1cccc(Cl)c1.[Na+].[OH-]. The summed E-state index contributed by atoms with van der Waals surface area (Å²) in [6, 6.07) is 70.6. The normalized spacial score (nSPS) is 19.3. The molecular formula is C90H86Cl5N8NaO11. The molecule has 2 saturated heterocycles. The molecular weight excluding hydrogens is 1570 g/mol. The van der Waals surface area contributed by atoms with E-state index in [9.17, 15) is 24.0 Å². The molecule has 25 heteroatoms. The molecule has 4 aliphatic carbocycles. The number of nitrogens with two attached hydrogens (primary N) is 1. The number of halogens is 5. The zero-order valence-electron chi connectivity index (χ0n) is 63.4. The number of benzene rings is 9. The van der Waals surface area contributed by atoms with Crippen molar-refractivity contribution >= 4 is 127 Å². The van der Waals surface area contributed by atoms with Gasteiger partial charge in [-0.05, 0) is 178 Å². The number of fused-ring (bicyclic) bond motifs is 2. The number of hydrogen-bond donors (Lipinski definition) is 5. The number of urea groups is 1. The number of isocyanates is 1. The second-order valence-corrected chi connectivity index (χ2v) is 30.4. The number of aliphatic imine (C=N–C) groups is 1. The molecule has 8 atom stereocenters. The Morgan fingerprint density at radius 1 is 0.539 bits per heavy atom. The second kappa shape index (κ2) is 43.0. The third-order valence-electron chi connectivity index (χ3n) is 20.2. The van der Waals surface area contributed by atoms with Crippen molar-refractivity contribution in [1.82, 2.24) is 25.1 Å². The van der Waals surface area contributed by atoms with Gasteiger partial charge in [0.05, 0.1) is 68.5 Å². The number of aliphatic carboxylic acids is 2. The standard InChI is InChI=1S/C30H29ClN4O2.C20H21N3O.C11H11ClO2.C10H8ClNO.C10H9ClO2.C9H7ClO2.Na.H2O/c31-22-5-3-4-20(16-22)27-17-29(27)34-30(36)33-28-11-10-24(25-6-1-2-7-26(25)28)21-8-9-23(32-18-21)19-35-12-14-37-15-13-35;21-20-8-7-17(18-3-1-2-4-19(18)20)15-5-6-16(22-13-15)14-23-9-11-24-12-10-23;1-14-11(13)10-6-9(10)7-3-2-4-8(12)5-7;11-8-3-1-2-7(4-8)9-5-10(9)12-6-13;11-7-3-1-2-6(4-7)8-5-9(8)10(12)13;10-8-3-1-2-7(6-8)4-5-9(11)12;;/h1-11,16,18,27,29H,12-15,17,19H2,(H2,33,34,36);1-8,13H,9-12,14,21H2;2-5,9-10H,6H2,1H3;1-4,9-10H,5H2;1-4,8-9H,5H2,(H,12,13);1-6H,(H,11,12);;1H2/q;;;;;;+1;/p-1/b;;;;;5-4+;;/t27-,29+;;2*9-,10+;8-,9+;;;/m0.111.../s1. The molecule has 4 saturated carbocycles. The van der Waals surface area contributed by atoms with Crippen LogP contribution in [0.15, 0.2) is 242 Å². The fourth-order valence-electron chi connectivity index (χ4n) is 13.9. The fourth-order valence-corrected chi connectivity index (χ4v) is 14.9. The molecule has 2 aromatic heterocycles. The number of hydrogen-bond acceptors (Lipinski definition) is 15. The Labute approximate surface area is 715 Å². The van der Waals surface area contributed by atoms with Gasteiger partial charge in [-0.1, -0.05) is 191 Å². The molecule has 9 aromatic carbocycles. The van der Waals surface area contributed by atoms with Crippen LogP contribution in [-0.4, -0.2) is 137 Å². The van der Waals surface area contributed by atoms with Crippen LogP contribution in [0.3, 0.4) is 0 Å². The van der Waals surface area contributed by atoms with Crippen LogP contribution in [0.2, 0.25) is 25.1 Å². The number of nitrogens with one attached hydrogen (secondary N) is 2. The number of methoxy groups -OCH3 is 1. The first-order valence-electron chi connectivity index (χ1n) is 37.3. The summed E-state index contributed by atoms with van der Waals surface area (Å²) in [6.45, 7) is 8.75. The van der Waals surface area contributed by atoms with Gasteiger partial charge in [0.1, 0.15) is 0 Å². The molecule has 7 N–H and O–H groups in total. The number of aromatic nitrogens is 2. The molecule has 19 nitrogen and oxygen atoms in total. The number of nitrogens with zero attached hydrogens (tertiary/aromatic N) is 5. The van der Waals surface area contributed by atoms with Gasteiger partial charge in [0.15, 0.2) is 0 Å². The van der Waals surface area contributed by atoms with Crippen LogP contribution in [0.5, 0.6) is 0 Å². The third kappa shape index (κ3) is 25.8. The minimum Gasteiger partial charge on any atom is -0.870 e. The summed E-state index contributed by atoms with van der Waals surface area (Å²) in [6.07, 6.45) is 11.6. The van der Waals surface area contributed by atoms with Crippen LogP contribution in [-0.2, 0) is 46.5 Å². The topological polar surface area (TPSA) is 278 Å². The minimum absolute atomic E-state index is 0. The van der Waals surface area contributed by atoms with E-state index in [1.54, 1.807) is 36.4 Å². The number of carboxylic acid groups (broad SMARTS) is 2. The predicted octanol–water partition coefficient (Wildman–Crippen LogP) is 16.3. The number of amides is 2. The van der Waals surface area contributed by atoms with E-state index in [0.29, 0.717) is 27.8 Å². The summed E-state index contributed by atoms with van der Waals surface area (Å²) in [5.41, 5.74) is 19.6. The number of pyridine rings is 2. The average Bonchev–Trinajstić information content (AvgIpc) is 1.56. The van der Waals surface area contributed by atoms with Gasteiger partial charge in [0.25, 0.3) is 0 Å². The van der Waals surface area contributed by atoms with Crippen molar-refractivity contribution < 1.29 is 83.4 Å². The van der Waals surface area contributed by atoms with E-state index in [1.807, 2.05) is 140 Å². The number of carbonyl (C=O) groups is 4. The van der Waals surface area contributed by atoms with Gasteiger partial charge in [-0.15, -0.1) is 0 Å². The molecule has 588 valence electrons. The third-order valence-corrected chi connectivity index (χ3v) is 21.4. The number of esters is 1. The van der Waals surface area contributed by atoms with Crippen molar-refractivity contribution in [2.45, 2.75) is 74.5 Å². The molecule has 6 fully saturated rings. The predicted molar refractivity (Wildman–Crippen MR) is 451 cm³/mol. The summed E-state index contributed by atoms with van der Waals surface area (Å²) in [5, 5.41) is 31.0. The Morgan fingerprint density at radius 3 is 1.45 bits per heavy atom. The Kier molecular flexibility index (Phi) is 32.9. The summed E-state index contributed by atoms with van der Waals surface area (Å²) >= 11 is 29.3. The van der Waals surface area contributed by atoms with Crippen LogP contribution in [0.1, 0.15) is 88.6 Å². The Bertz CT molecular complexity index is 5170. The molecule has 0 radical (unpaired) electrons. The van der Waals surface area contributed by atoms with Gasteiger partial charge < -0.3 is 46.3 Å². The first-order chi connectivity index (χ1) is 54.8. The zero-order chi connectivity index (χ0) is 79.3. The van der Waals surface area contributed by atoms with Crippen LogP contribution in [0, 0.1) is 11.8 Å². The van der Waals surface area contributed by atoms with E-state index in [0.717, 1.165) is 196 Å². The molecule has 115 heavy (non-hydrogen) atoms. The Balaban J connectivity index is 0.000000155. The number of nitrogen functional groups attached to an aromatic ring is 1. The molecule has 4 heterocycles. The number of ether oxygens (including phenoxy) is 3. The van der Waals surface area contributed by atoms with Crippen LogP contribution < -0.4 is 45.9 Å². The van der Waals surface area contributed by atoms with Gasteiger partial charge in [-0.25, -0.2) is 19.4 Å². The van der Waals surface area contributed by atoms with Crippen LogP contribution in [0.25, 0.3) is 49.9 Å². The molecule has 6 aliphatic rings. The van der Waals surface area contributed by atoms with Gasteiger partial charge in [0.2, 0.25) is 6.08 Å². The first kappa shape index (κ1) is 88.0. The van der Waals surface area contributed by atoms with E-state index in [4.69, 9.17) is 88.4 Å². The van der Waals surface area contributed by atoms with Crippen molar-refractivity contribution in [3.63, 3.8) is 0 Å². The quantitative estimate of drug-likeness (QED) is 0.0141. The maximum Gasteiger partial charge on any atom is 1.00 e. The molecule has 0 bridgehead atoms. The summed E-state index contributed by atoms with van der Waals surface area (Å²) in [4.78, 5) is 72.6. The van der Waals surface area contributed by atoms with E-state index in [1.165, 1.54) is 24.1 Å². The van der Waals surface area contributed by atoms with Gasteiger partial charge in [0, 0.05) is 128 Å². The van der Waals surface area contributed by atoms with Gasteiger partial charge in [-0.2, -0.15) is 0 Å². The summed E-state index contributed by atoms with van der Waals surface area (Å²) in [7, 11) is 1.43. The molecule has 0 spiro atoms. The van der Waals surface area contributed by atoms with Crippen molar-refractivity contribution in [2.24, 2.45) is 16.8 Å². The molecule has 0 unspecified atom stereocenters. The van der Waals surface area contributed by atoms with Gasteiger partial charge in [-0.3, -0.25) is 29.4 Å². The van der Waals surface area contributed by atoms with E-state index in [-0.39, 0.29) is 76.9 Å². The summed E-state index contributed by atoms with van der Waals surface area (Å²) in [5.74, 6) is -0.772. The maximum atomic E-state index is 12.8. The first-order valence-corrected chi connectivity index (χ1v) is 39.2. The van der Waals surface area contributed by atoms with Gasteiger partial charge >= 0.3 is 53.5 Å². The molecule has 17 rings (SSSR count). The van der Waals surface area contributed by atoms with Crippen molar-refractivity contribution in [2.75, 3.05) is 70.8 Å². The van der Waals surface area contributed by atoms with E-state index >= 15 is 0 Å². The summed E-state index contributed by atoms with van der Waals surface area (Å²) < 4.78 is 15.5. The Hall–Kier alpha value is -9.35. The molecule has 2 aliphatic heterocycles. The number of morpholine rings is 2.